The Morgan fingerprint density at radius 2 is 2.00 bits per heavy atom. The Balaban J connectivity index is 1.87. The highest BCUT2D eigenvalue weighted by atomic mass is 79.9. The number of anilines is 1. The predicted molar refractivity (Wildman–Crippen MR) is 115 cm³/mol. The summed E-state index contributed by atoms with van der Waals surface area (Å²) in [4.78, 5) is 13.0. The molecule has 2 aromatic carbocycles. The molecule has 1 heterocycles. The fourth-order valence-electron chi connectivity index (χ4n) is 2.93. The van der Waals surface area contributed by atoms with Crippen molar-refractivity contribution in [2.45, 2.75) is 19.9 Å². The maximum Gasteiger partial charge on any atom is 0.255 e. The summed E-state index contributed by atoms with van der Waals surface area (Å²) in [6.07, 6.45) is 0. The summed E-state index contributed by atoms with van der Waals surface area (Å²) in [5.74, 6) is 0.577. The van der Waals surface area contributed by atoms with Gasteiger partial charge in [-0.05, 0) is 68.0 Å². The van der Waals surface area contributed by atoms with E-state index in [9.17, 15) is 4.79 Å². The van der Waals surface area contributed by atoms with Crippen molar-refractivity contribution in [2.75, 3.05) is 11.9 Å². The van der Waals surface area contributed by atoms with Crippen LogP contribution < -0.4 is 20.7 Å². The first kappa shape index (κ1) is 19.4. The van der Waals surface area contributed by atoms with Crippen molar-refractivity contribution in [1.82, 2.24) is 10.6 Å². The van der Waals surface area contributed by atoms with Gasteiger partial charge in [0.1, 0.15) is 5.75 Å². The summed E-state index contributed by atoms with van der Waals surface area (Å²) < 4.78 is 6.38. The summed E-state index contributed by atoms with van der Waals surface area (Å²) in [5, 5.41) is 9.69. The largest absolute Gasteiger partial charge is 0.494 e. The van der Waals surface area contributed by atoms with Gasteiger partial charge in [0, 0.05) is 15.9 Å². The van der Waals surface area contributed by atoms with Crippen LogP contribution in [0, 0.1) is 0 Å². The van der Waals surface area contributed by atoms with Gasteiger partial charge in [-0.2, -0.15) is 0 Å². The lowest BCUT2D eigenvalue weighted by Gasteiger charge is -2.30. The van der Waals surface area contributed by atoms with Crippen LogP contribution in [-0.2, 0) is 4.79 Å². The maximum absolute atomic E-state index is 13.0. The van der Waals surface area contributed by atoms with Gasteiger partial charge in [-0.15, -0.1) is 0 Å². The van der Waals surface area contributed by atoms with Crippen molar-refractivity contribution in [2.24, 2.45) is 0 Å². The number of amides is 1. The Morgan fingerprint density at radius 1 is 1.26 bits per heavy atom. The number of allylic oxidation sites excluding steroid dienone is 1. The standard InChI is InChI=1S/C20H20BrN3O2S/c1-3-26-16-9-7-15(8-10-16)23-19(25)17-12(2)22-20(27)24-18(17)13-5-4-6-14(21)11-13/h4-11,18H,3H2,1-2H3,(H,23,25)(H2,22,24,27)/t18-/m1/s1. The zero-order valence-corrected chi connectivity index (χ0v) is 17.4. The van der Waals surface area contributed by atoms with Crippen LogP contribution in [0.2, 0.25) is 0 Å². The Bertz CT molecular complexity index is 896. The average molecular weight is 446 g/mol. The molecule has 140 valence electrons. The first-order valence-electron chi connectivity index (χ1n) is 8.56. The van der Waals surface area contributed by atoms with Crippen LogP contribution >= 0.6 is 28.1 Å². The van der Waals surface area contributed by atoms with Crippen molar-refractivity contribution < 1.29 is 9.53 Å². The zero-order chi connectivity index (χ0) is 19.4. The fourth-order valence-corrected chi connectivity index (χ4v) is 3.62. The molecule has 1 atom stereocenters. The number of halogens is 1. The minimum absolute atomic E-state index is 0.191. The Labute approximate surface area is 172 Å². The molecule has 0 saturated heterocycles. The molecule has 3 rings (SSSR count). The summed E-state index contributed by atoms with van der Waals surface area (Å²) in [6.45, 7) is 4.38. The van der Waals surface area contributed by atoms with Gasteiger partial charge in [-0.25, -0.2) is 0 Å². The van der Waals surface area contributed by atoms with E-state index in [2.05, 4.69) is 31.9 Å². The number of carbonyl (C=O) groups excluding carboxylic acids is 1. The van der Waals surface area contributed by atoms with Crippen LogP contribution in [-0.4, -0.2) is 17.6 Å². The van der Waals surface area contributed by atoms with E-state index in [4.69, 9.17) is 17.0 Å². The molecule has 0 unspecified atom stereocenters. The van der Waals surface area contributed by atoms with Crippen LogP contribution in [0.25, 0.3) is 0 Å². The second-order valence-electron chi connectivity index (χ2n) is 6.04. The van der Waals surface area contributed by atoms with E-state index < -0.39 is 0 Å². The second-order valence-corrected chi connectivity index (χ2v) is 7.36. The molecule has 7 heteroatoms. The summed E-state index contributed by atoms with van der Waals surface area (Å²) in [6, 6.07) is 14.8. The van der Waals surface area contributed by atoms with E-state index in [1.165, 1.54) is 0 Å². The van der Waals surface area contributed by atoms with E-state index in [1.54, 1.807) is 0 Å². The molecular weight excluding hydrogens is 426 g/mol. The van der Waals surface area contributed by atoms with Gasteiger partial charge >= 0.3 is 0 Å². The molecule has 0 aromatic heterocycles. The van der Waals surface area contributed by atoms with Crippen LogP contribution in [0.1, 0.15) is 25.5 Å². The van der Waals surface area contributed by atoms with E-state index in [0.29, 0.717) is 23.0 Å². The zero-order valence-electron chi connectivity index (χ0n) is 15.0. The molecule has 0 aliphatic carbocycles. The highest BCUT2D eigenvalue weighted by Crippen LogP contribution is 2.29. The maximum atomic E-state index is 13.0. The Morgan fingerprint density at radius 3 is 2.67 bits per heavy atom. The normalized spacial score (nSPS) is 16.4. The van der Waals surface area contributed by atoms with Gasteiger partial charge in [0.2, 0.25) is 0 Å². The lowest BCUT2D eigenvalue weighted by Crippen LogP contribution is -2.45. The minimum atomic E-state index is -0.334. The molecule has 0 spiro atoms. The first-order valence-corrected chi connectivity index (χ1v) is 9.76. The molecule has 0 fully saturated rings. The molecule has 2 aromatic rings. The van der Waals surface area contributed by atoms with E-state index in [0.717, 1.165) is 21.5 Å². The summed E-state index contributed by atoms with van der Waals surface area (Å²) in [7, 11) is 0. The molecule has 5 nitrogen and oxygen atoms in total. The molecule has 0 saturated carbocycles. The third kappa shape index (κ3) is 4.67. The van der Waals surface area contributed by atoms with Gasteiger partial charge < -0.3 is 20.7 Å². The molecule has 27 heavy (non-hydrogen) atoms. The lowest BCUT2D eigenvalue weighted by molar-refractivity contribution is -0.113. The van der Waals surface area contributed by atoms with Crippen molar-refractivity contribution in [3.05, 3.63) is 69.8 Å². The average Bonchev–Trinajstić information content (AvgIpc) is 2.63. The van der Waals surface area contributed by atoms with E-state index in [1.807, 2.05) is 62.4 Å². The number of hydrogen-bond acceptors (Lipinski definition) is 3. The number of benzene rings is 2. The fraction of sp³-hybridized carbons (Fsp3) is 0.200. The quantitative estimate of drug-likeness (QED) is 0.599. The number of ether oxygens (including phenoxy) is 1. The van der Waals surface area contributed by atoms with Crippen LogP contribution in [0.3, 0.4) is 0 Å². The van der Waals surface area contributed by atoms with Gasteiger partial charge in [0.25, 0.3) is 5.91 Å². The third-order valence-corrected chi connectivity index (χ3v) is 4.83. The molecule has 3 N–H and O–H groups in total. The first-order chi connectivity index (χ1) is 13.0. The van der Waals surface area contributed by atoms with Gasteiger partial charge in [0.15, 0.2) is 5.11 Å². The molecule has 1 aliphatic rings. The smallest absolute Gasteiger partial charge is 0.255 e. The number of rotatable bonds is 5. The number of carbonyl (C=O) groups is 1. The monoisotopic (exact) mass is 445 g/mol. The highest BCUT2D eigenvalue weighted by Gasteiger charge is 2.30. The highest BCUT2D eigenvalue weighted by molar-refractivity contribution is 9.10. The van der Waals surface area contributed by atoms with Crippen molar-refractivity contribution >= 4 is 44.9 Å². The Kier molecular flexibility index (Phi) is 6.13. The molecule has 1 amide bonds. The van der Waals surface area contributed by atoms with Gasteiger partial charge in [0.05, 0.1) is 18.2 Å². The van der Waals surface area contributed by atoms with Crippen molar-refractivity contribution in [3.63, 3.8) is 0 Å². The molecule has 0 bridgehead atoms. The SMILES string of the molecule is CCOc1ccc(NC(=O)C2=C(C)NC(=S)N[C@@H]2c2cccc(Br)c2)cc1. The van der Waals surface area contributed by atoms with Crippen LogP contribution in [0.4, 0.5) is 5.69 Å². The van der Waals surface area contributed by atoms with Gasteiger partial charge in [-0.3, -0.25) is 4.79 Å². The summed E-state index contributed by atoms with van der Waals surface area (Å²) in [5.41, 5.74) is 2.97. The van der Waals surface area contributed by atoms with Crippen molar-refractivity contribution in [3.8, 4) is 5.75 Å². The number of thiocarbonyl (C=S) groups is 1. The third-order valence-electron chi connectivity index (χ3n) is 4.12. The van der Waals surface area contributed by atoms with Crippen LogP contribution in [0.15, 0.2) is 64.3 Å². The van der Waals surface area contributed by atoms with E-state index in [-0.39, 0.29) is 11.9 Å². The lowest BCUT2D eigenvalue weighted by atomic mass is 9.95. The molecule has 1 aliphatic heterocycles. The second kappa shape index (κ2) is 8.54. The van der Waals surface area contributed by atoms with Crippen LogP contribution in [0.5, 0.6) is 5.75 Å². The minimum Gasteiger partial charge on any atom is -0.494 e. The number of hydrogen-bond donors (Lipinski definition) is 3. The molecular formula is C20H20BrN3O2S. The predicted octanol–water partition coefficient (Wildman–Crippen LogP) is 4.28. The number of nitrogens with one attached hydrogen (secondary N) is 3. The van der Waals surface area contributed by atoms with Gasteiger partial charge in [-0.1, -0.05) is 28.1 Å². The summed E-state index contributed by atoms with van der Waals surface area (Å²) >= 11 is 8.77. The van der Waals surface area contributed by atoms with Crippen molar-refractivity contribution in [1.29, 1.82) is 0 Å². The van der Waals surface area contributed by atoms with E-state index >= 15 is 0 Å². The topological polar surface area (TPSA) is 62.4 Å². The Hall–Kier alpha value is -2.38. The molecule has 0 radical (unpaired) electrons.